The molecule has 0 spiro atoms. The van der Waals surface area contributed by atoms with E-state index in [9.17, 15) is 0 Å². The predicted molar refractivity (Wildman–Crippen MR) is 138 cm³/mol. The van der Waals surface area contributed by atoms with Gasteiger partial charge in [-0.2, -0.15) is 0 Å². The minimum absolute atomic E-state index is 0.531. The van der Waals surface area contributed by atoms with E-state index in [0.717, 1.165) is 0 Å². The van der Waals surface area contributed by atoms with Gasteiger partial charge in [-0.05, 0) is 84.0 Å². The lowest BCUT2D eigenvalue weighted by Crippen LogP contribution is -2.05. The summed E-state index contributed by atoms with van der Waals surface area (Å²) in [6.45, 7) is 13.8. The molecule has 0 nitrogen and oxygen atoms in total. The van der Waals surface area contributed by atoms with Crippen LogP contribution >= 0.6 is 31.9 Å². The lowest BCUT2D eigenvalue weighted by atomic mass is 9.83. The van der Waals surface area contributed by atoms with Crippen LogP contribution in [0.15, 0.2) is 44.4 Å². The first-order valence-corrected chi connectivity index (χ1v) is 12.8. The number of hydrogen-bond donors (Lipinski definition) is 0. The molecule has 0 N–H and O–H groups in total. The second-order valence-corrected chi connectivity index (χ2v) is 11.5. The Morgan fingerprint density at radius 3 is 1.37 bits per heavy atom. The van der Waals surface area contributed by atoms with Crippen molar-refractivity contribution in [2.45, 2.75) is 78.1 Å². The van der Waals surface area contributed by atoms with Crippen LogP contribution in [0.1, 0.15) is 111 Å². The van der Waals surface area contributed by atoms with E-state index in [-0.39, 0.29) is 0 Å². The molecular formula is C28H32Br2. The van der Waals surface area contributed by atoms with Gasteiger partial charge in [-0.25, -0.2) is 0 Å². The molecule has 2 aromatic carbocycles. The molecule has 0 amide bonds. The molecule has 0 aromatic heterocycles. The van der Waals surface area contributed by atoms with E-state index < -0.39 is 0 Å². The molecule has 0 fully saturated rings. The Labute approximate surface area is 199 Å². The van der Waals surface area contributed by atoms with Crippen molar-refractivity contribution in [2.24, 2.45) is 0 Å². The SMILES string of the molecule is CC1=Cc2c(Br)cc(C(C)C)cc2C1CCC1C(C)=Cc2c(Br)cc(C(C)C)cc21. The van der Waals surface area contributed by atoms with Gasteiger partial charge in [0.25, 0.3) is 0 Å². The normalized spacial score (nSPS) is 19.9. The maximum atomic E-state index is 3.84. The lowest BCUT2D eigenvalue weighted by Gasteiger charge is -2.22. The van der Waals surface area contributed by atoms with Crippen molar-refractivity contribution in [3.8, 4) is 0 Å². The van der Waals surface area contributed by atoms with Crippen molar-refractivity contribution < 1.29 is 0 Å². The number of halogens is 2. The average molecular weight is 528 g/mol. The maximum absolute atomic E-state index is 3.84. The van der Waals surface area contributed by atoms with Crippen LogP contribution in [-0.2, 0) is 0 Å². The van der Waals surface area contributed by atoms with Gasteiger partial charge < -0.3 is 0 Å². The monoisotopic (exact) mass is 526 g/mol. The molecule has 2 aliphatic rings. The van der Waals surface area contributed by atoms with Crippen molar-refractivity contribution in [3.63, 3.8) is 0 Å². The summed E-state index contributed by atoms with van der Waals surface area (Å²) in [7, 11) is 0. The maximum Gasteiger partial charge on any atom is 0.0253 e. The highest BCUT2D eigenvalue weighted by Crippen LogP contribution is 2.48. The lowest BCUT2D eigenvalue weighted by molar-refractivity contribution is 0.610. The van der Waals surface area contributed by atoms with Crippen LogP contribution in [0.2, 0.25) is 0 Å². The average Bonchev–Trinajstić information content (AvgIpc) is 3.16. The predicted octanol–water partition coefficient (Wildman–Crippen LogP) is 9.94. The molecule has 2 aromatic rings. The van der Waals surface area contributed by atoms with Gasteiger partial charge in [0.15, 0.2) is 0 Å². The van der Waals surface area contributed by atoms with Gasteiger partial charge in [-0.1, -0.05) is 95.0 Å². The van der Waals surface area contributed by atoms with E-state index in [4.69, 9.17) is 0 Å². The fourth-order valence-electron chi connectivity index (χ4n) is 5.12. The van der Waals surface area contributed by atoms with Crippen molar-refractivity contribution >= 4 is 44.0 Å². The fraction of sp³-hybridized carbons (Fsp3) is 0.429. The molecule has 2 heteroatoms. The van der Waals surface area contributed by atoms with Gasteiger partial charge in [0.05, 0.1) is 0 Å². The molecular weight excluding hydrogens is 496 g/mol. The zero-order chi connectivity index (χ0) is 21.7. The third-order valence-corrected chi connectivity index (χ3v) is 8.35. The van der Waals surface area contributed by atoms with Crippen LogP contribution in [0.4, 0.5) is 0 Å². The molecule has 0 saturated carbocycles. The Hall–Kier alpha value is -1.12. The fourth-order valence-corrected chi connectivity index (χ4v) is 6.33. The third kappa shape index (κ3) is 3.91. The van der Waals surface area contributed by atoms with Crippen molar-refractivity contribution in [1.82, 2.24) is 0 Å². The molecule has 2 atom stereocenters. The Kier molecular flexibility index (Phi) is 6.21. The van der Waals surface area contributed by atoms with E-state index in [2.05, 4.69) is 110 Å². The van der Waals surface area contributed by atoms with Gasteiger partial charge in [-0.3, -0.25) is 0 Å². The molecule has 0 bridgehead atoms. The first-order chi connectivity index (χ1) is 14.2. The summed E-state index contributed by atoms with van der Waals surface area (Å²) in [5, 5.41) is 0. The van der Waals surface area contributed by atoms with Gasteiger partial charge in [0, 0.05) is 20.8 Å². The molecule has 0 heterocycles. The summed E-state index contributed by atoms with van der Waals surface area (Å²) in [6.07, 6.45) is 7.18. The highest BCUT2D eigenvalue weighted by atomic mass is 79.9. The van der Waals surface area contributed by atoms with Gasteiger partial charge in [0.2, 0.25) is 0 Å². The minimum atomic E-state index is 0.531. The molecule has 0 aliphatic heterocycles. The Morgan fingerprint density at radius 2 is 1.03 bits per heavy atom. The van der Waals surface area contributed by atoms with E-state index in [0.29, 0.717) is 23.7 Å². The third-order valence-electron chi connectivity index (χ3n) is 7.04. The van der Waals surface area contributed by atoms with Gasteiger partial charge in [0.1, 0.15) is 0 Å². The van der Waals surface area contributed by atoms with Gasteiger partial charge in [-0.15, -0.1) is 0 Å². The smallest absolute Gasteiger partial charge is 0.0253 e. The van der Waals surface area contributed by atoms with Gasteiger partial charge >= 0.3 is 0 Å². The van der Waals surface area contributed by atoms with Crippen molar-refractivity contribution in [3.05, 3.63) is 77.7 Å². The van der Waals surface area contributed by atoms with E-state index in [1.807, 2.05) is 0 Å². The quantitative estimate of drug-likeness (QED) is 0.362. The molecule has 158 valence electrons. The van der Waals surface area contributed by atoms with Crippen LogP contribution in [0.3, 0.4) is 0 Å². The summed E-state index contributed by atoms with van der Waals surface area (Å²) in [5.74, 6) is 2.16. The molecule has 30 heavy (non-hydrogen) atoms. The minimum Gasteiger partial charge on any atom is -0.0652 e. The van der Waals surface area contributed by atoms with Crippen molar-refractivity contribution in [2.75, 3.05) is 0 Å². The second-order valence-electron chi connectivity index (χ2n) is 9.78. The zero-order valence-electron chi connectivity index (χ0n) is 18.9. The topological polar surface area (TPSA) is 0 Å². The standard InChI is InChI=1S/C28H32Br2/c1-15(2)19-11-23-21(17(5)9-25(23)27(29)13-19)7-8-22-18(6)10-26-24(22)12-20(16(3)4)14-28(26)30/h9-16,21-22H,7-8H2,1-6H3. The molecule has 2 unspecified atom stereocenters. The second kappa shape index (κ2) is 8.43. The Bertz CT molecular complexity index is 967. The zero-order valence-corrected chi connectivity index (χ0v) is 22.1. The summed E-state index contributed by atoms with van der Waals surface area (Å²) < 4.78 is 2.50. The van der Waals surface area contributed by atoms with Crippen LogP contribution in [-0.4, -0.2) is 0 Å². The number of fused-ring (bicyclic) bond motifs is 2. The molecule has 2 aliphatic carbocycles. The summed E-state index contributed by atoms with van der Waals surface area (Å²) in [4.78, 5) is 0. The summed E-state index contributed by atoms with van der Waals surface area (Å²) >= 11 is 7.68. The summed E-state index contributed by atoms with van der Waals surface area (Å²) in [5.41, 5.74) is 11.7. The van der Waals surface area contributed by atoms with Crippen molar-refractivity contribution in [1.29, 1.82) is 0 Å². The Balaban J connectivity index is 1.62. The highest BCUT2D eigenvalue weighted by Gasteiger charge is 2.29. The van der Waals surface area contributed by atoms with E-state index in [1.165, 1.54) is 66.3 Å². The van der Waals surface area contributed by atoms with Crippen LogP contribution in [0, 0.1) is 0 Å². The highest BCUT2D eigenvalue weighted by molar-refractivity contribution is 9.10. The summed E-state index contributed by atoms with van der Waals surface area (Å²) in [6, 6.07) is 9.53. The van der Waals surface area contributed by atoms with E-state index in [1.54, 1.807) is 0 Å². The number of allylic oxidation sites excluding steroid dienone is 2. The number of rotatable bonds is 5. The van der Waals surface area contributed by atoms with Crippen LogP contribution in [0.5, 0.6) is 0 Å². The molecule has 4 rings (SSSR count). The molecule has 0 saturated heterocycles. The largest absolute Gasteiger partial charge is 0.0652 e. The molecule has 0 radical (unpaired) electrons. The first-order valence-electron chi connectivity index (χ1n) is 11.2. The van der Waals surface area contributed by atoms with E-state index >= 15 is 0 Å². The first kappa shape index (κ1) is 22.1. The van der Waals surface area contributed by atoms with Crippen LogP contribution < -0.4 is 0 Å². The number of hydrogen-bond acceptors (Lipinski definition) is 0. The Morgan fingerprint density at radius 1 is 0.667 bits per heavy atom. The number of benzene rings is 2. The van der Waals surface area contributed by atoms with Crippen LogP contribution in [0.25, 0.3) is 12.2 Å².